The molecule has 0 bridgehead atoms. The van der Waals surface area contributed by atoms with E-state index in [1.54, 1.807) is 11.0 Å². The van der Waals surface area contributed by atoms with Gasteiger partial charge in [-0.25, -0.2) is 0 Å². The van der Waals surface area contributed by atoms with Crippen LogP contribution in [0.2, 0.25) is 0 Å². The van der Waals surface area contributed by atoms with E-state index in [0.717, 1.165) is 31.7 Å². The minimum absolute atomic E-state index is 0.0202. The molecule has 1 unspecified atom stereocenters. The molecule has 3 rings (SSSR count). The lowest BCUT2D eigenvalue weighted by Crippen LogP contribution is -2.52. The van der Waals surface area contributed by atoms with Crippen molar-refractivity contribution in [3.05, 3.63) is 42.0 Å². The van der Waals surface area contributed by atoms with Crippen LogP contribution in [-0.4, -0.2) is 84.2 Å². The lowest BCUT2D eigenvalue weighted by atomic mass is 10.0. The van der Waals surface area contributed by atoms with E-state index in [0.29, 0.717) is 26.1 Å². The summed E-state index contributed by atoms with van der Waals surface area (Å²) in [5.41, 5.74) is 0.240. The molecule has 2 heterocycles. The predicted octanol–water partition coefficient (Wildman–Crippen LogP) is 0.911. The quantitative estimate of drug-likeness (QED) is 0.834. The first-order valence-electron chi connectivity index (χ1n) is 8.69. The number of hydrogen-bond acceptors (Lipinski definition) is 4. The summed E-state index contributed by atoms with van der Waals surface area (Å²) in [7, 11) is 2.13. The van der Waals surface area contributed by atoms with Gasteiger partial charge in [-0.2, -0.15) is 0 Å². The number of amides is 1. The third kappa shape index (κ3) is 4.44. The highest BCUT2D eigenvalue weighted by atomic mass is 16.3. The monoisotopic (exact) mass is 329 g/mol. The number of carbonyl (C=O) groups excluding carboxylic acids is 1. The predicted molar refractivity (Wildman–Crippen MR) is 95.6 cm³/mol. The molecule has 2 fully saturated rings. The molecule has 5 heteroatoms. The van der Waals surface area contributed by atoms with Gasteiger partial charge in [0.15, 0.2) is 0 Å². The zero-order chi connectivity index (χ0) is 17.0. The molecule has 1 amide bonds. The largest absolute Gasteiger partial charge is 0.387 e. The van der Waals surface area contributed by atoms with Gasteiger partial charge in [-0.1, -0.05) is 30.3 Å². The summed E-state index contributed by atoms with van der Waals surface area (Å²) >= 11 is 0. The molecule has 2 aliphatic heterocycles. The molecule has 0 spiro atoms. The van der Waals surface area contributed by atoms with E-state index in [2.05, 4.69) is 16.8 Å². The van der Waals surface area contributed by atoms with Crippen LogP contribution in [0.4, 0.5) is 0 Å². The zero-order valence-electron chi connectivity index (χ0n) is 14.4. The van der Waals surface area contributed by atoms with Gasteiger partial charge in [0.1, 0.15) is 0 Å². The average molecular weight is 329 g/mol. The molecule has 1 aromatic carbocycles. The Balaban J connectivity index is 1.52. The number of aliphatic hydroxyl groups is 1. The minimum Gasteiger partial charge on any atom is -0.387 e. The number of hydrogen-bond donors (Lipinski definition) is 1. The highest BCUT2D eigenvalue weighted by Gasteiger charge is 2.39. The van der Waals surface area contributed by atoms with Gasteiger partial charge in [0.05, 0.1) is 12.1 Å². The molecular formula is C19H27N3O2. The molecule has 130 valence electrons. The molecule has 2 saturated heterocycles. The summed E-state index contributed by atoms with van der Waals surface area (Å²) in [6.07, 6.45) is 4.10. The van der Waals surface area contributed by atoms with Crippen molar-refractivity contribution < 1.29 is 9.90 Å². The van der Waals surface area contributed by atoms with E-state index in [9.17, 15) is 9.90 Å². The molecule has 0 aliphatic carbocycles. The van der Waals surface area contributed by atoms with Crippen molar-refractivity contribution in [1.82, 2.24) is 14.7 Å². The van der Waals surface area contributed by atoms with Crippen molar-refractivity contribution in [2.24, 2.45) is 0 Å². The fourth-order valence-corrected chi connectivity index (χ4v) is 3.43. The maximum absolute atomic E-state index is 12.3. The first-order chi connectivity index (χ1) is 11.5. The third-order valence-corrected chi connectivity index (χ3v) is 4.98. The second-order valence-corrected chi connectivity index (χ2v) is 7.06. The number of β-amino-alcohol motifs (C(OH)–C–C–N with tert-alkyl or cyclic N) is 1. The molecule has 0 saturated carbocycles. The lowest BCUT2D eigenvalue weighted by Gasteiger charge is -2.36. The van der Waals surface area contributed by atoms with Gasteiger partial charge in [-0.15, -0.1) is 0 Å². The Labute approximate surface area is 144 Å². The number of nitrogens with zero attached hydrogens (tertiary/aromatic N) is 3. The van der Waals surface area contributed by atoms with Crippen LogP contribution >= 0.6 is 0 Å². The molecule has 0 aromatic heterocycles. The molecule has 1 N–H and O–H groups in total. The van der Waals surface area contributed by atoms with E-state index in [4.69, 9.17) is 0 Å². The highest BCUT2D eigenvalue weighted by Crippen LogP contribution is 2.23. The van der Waals surface area contributed by atoms with Crippen LogP contribution in [0, 0.1) is 0 Å². The fraction of sp³-hybridized carbons (Fsp3) is 0.526. The second-order valence-electron chi connectivity index (χ2n) is 7.06. The molecule has 1 atom stereocenters. The van der Waals surface area contributed by atoms with Crippen LogP contribution in [0.5, 0.6) is 0 Å². The van der Waals surface area contributed by atoms with Crippen molar-refractivity contribution >= 4 is 12.0 Å². The van der Waals surface area contributed by atoms with Gasteiger partial charge >= 0.3 is 0 Å². The number of carbonyl (C=O) groups is 1. The number of likely N-dealkylation sites (N-methyl/N-ethyl adjacent to an activating group) is 1. The highest BCUT2D eigenvalue weighted by molar-refractivity contribution is 5.92. The number of likely N-dealkylation sites (tertiary alicyclic amines) is 1. The number of piperazine rings is 1. The van der Waals surface area contributed by atoms with E-state index < -0.39 is 5.60 Å². The van der Waals surface area contributed by atoms with E-state index >= 15 is 0 Å². The summed E-state index contributed by atoms with van der Waals surface area (Å²) in [5, 5.41) is 10.8. The van der Waals surface area contributed by atoms with E-state index in [1.165, 1.54) is 0 Å². The first kappa shape index (κ1) is 17.1. The molecule has 24 heavy (non-hydrogen) atoms. The zero-order valence-corrected chi connectivity index (χ0v) is 14.4. The SMILES string of the molecule is CN1CCN(CC2(O)CCN(C(=O)/C=C/c3ccccc3)C2)CC1. The van der Waals surface area contributed by atoms with Crippen molar-refractivity contribution in [3.63, 3.8) is 0 Å². The second kappa shape index (κ2) is 7.47. The summed E-state index contributed by atoms with van der Waals surface area (Å²) in [4.78, 5) is 18.7. The van der Waals surface area contributed by atoms with Crippen molar-refractivity contribution in [1.29, 1.82) is 0 Å². The van der Waals surface area contributed by atoms with Crippen molar-refractivity contribution in [3.8, 4) is 0 Å². The fourth-order valence-electron chi connectivity index (χ4n) is 3.43. The maximum Gasteiger partial charge on any atom is 0.246 e. The van der Waals surface area contributed by atoms with Crippen LogP contribution in [0.25, 0.3) is 6.08 Å². The third-order valence-electron chi connectivity index (χ3n) is 4.98. The number of benzene rings is 1. The first-order valence-corrected chi connectivity index (χ1v) is 8.69. The topological polar surface area (TPSA) is 47.0 Å². The Kier molecular flexibility index (Phi) is 5.33. The molecule has 0 radical (unpaired) electrons. The summed E-state index contributed by atoms with van der Waals surface area (Å²) < 4.78 is 0. The molecule has 5 nitrogen and oxygen atoms in total. The normalized spacial score (nSPS) is 26.3. The van der Waals surface area contributed by atoms with Gasteiger partial charge in [-0.05, 0) is 25.1 Å². The molecular weight excluding hydrogens is 302 g/mol. The van der Waals surface area contributed by atoms with E-state index in [1.807, 2.05) is 36.4 Å². The Hall–Kier alpha value is -1.69. The van der Waals surface area contributed by atoms with Crippen molar-refractivity contribution in [2.45, 2.75) is 12.0 Å². The Bertz CT molecular complexity index is 582. The van der Waals surface area contributed by atoms with Gasteiger partial charge < -0.3 is 14.9 Å². The van der Waals surface area contributed by atoms with Crippen LogP contribution in [0.15, 0.2) is 36.4 Å². The minimum atomic E-state index is -0.772. The standard InChI is InChI=1S/C19H27N3O2/c1-20-11-13-21(14-12-20)15-19(24)9-10-22(16-19)18(23)8-7-17-5-3-2-4-6-17/h2-8,24H,9-16H2,1H3/b8-7+. The summed E-state index contributed by atoms with van der Waals surface area (Å²) in [6, 6.07) is 9.80. The van der Waals surface area contributed by atoms with Crippen LogP contribution in [0.3, 0.4) is 0 Å². The Morgan fingerprint density at radius 3 is 2.58 bits per heavy atom. The van der Waals surface area contributed by atoms with Gasteiger partial charge in [0.2, 0.25) is 5.91 Å². The van der Waals surface area contributed by atoms with Crippen LogP contribution in [0.1, 0.15) is 12.0 Å². The van der Waals surface area contributed by atoms with E-state index in [-0.39, 0.29) is 5.91 Å². The average Bonchev–Trinajstić information content (AvgIpc) is 2.98. The summed E-state index contributed by atoms with van der Waals surface area (Å²) in [5.74, 6) is -0.0202. The van der Waals surface area contributed by atoms with Gasteiger partial charge in [0, 0.05) is 45.3 Å². The van der Waals surface area contributed by atoms with Crippen LogP contribution in [-0.2, 0) is 4.79 Å². The smallest absolute Gasteiger partial charge is 0.246 e. The van der Waals surface area contributed by atoms with Gasteiger partial charge in [-0.3, -0.25) is 9.69 Å². The molecule has 2 aliphatic rings. The Morgan fingerprint density at radius 1 is 1.17 bits per heavy atom. The maximum atomic E-state index is 12.3. The van der Waals surface area contributed by atoms with Crippen LogP contribution < -0.4 is 0 Å². The lowest BCUT2D eigenvalue weighted by molar-refractivity contribution is -0.126. The Morgan fingerprint density at radius 2 is 1.88 bits per heavy atom. The summed E-state index contributed by atoms with van der Waals surface area (Å²) in [6.45, 7) is 5.77. The number of rotatable bonds is 4. The van der Waals surface area contributed by atoms with Gasteiger partial charge in [0.25, 0.3) is 0 Å². The molecule has 1 aromatic rings. The van der Waals surface area contributed by atoms with Crippen molar-refractivity contribution in [2.75, 3.05) is 52.9 Å².